The van der Waals surface area contributed by atoms with Crippen LogP contribution in [0.3, 0.4) is 0 Å². The molecule has 0 aliphatic carbocycles. The van der Waals surface area contributed by atoms with Crippen LogP contribution in [-0.2, 0) is 6.42 Å². The van der Waals surface area contributed by atoms with E-state index in [0.29, 0.717) is 0 Å². The number of nitrogens with two attached hydrogens (primary N) is 1. The predicted octanol–water partition coefficient (Wildman–Crippen LogP) is 2.75. The molecule has 2 nitrogen and oxygen atoms in total. The zero-order valence-electron chi connectivity index (χ0n) is 7.79. The lowest BCUT2D eigenvalue weighted by Gasteiger charge is -2.05. The van der Waals surface area contributed by atoms with Crippen molar-refractivity contribution in [2.75, 3.05) is 5.73 Å². The number of thiazole rings is 1. The molecule has 0 spiro atoms. The van der Waals surface area contributed by atoms with Crippen LogP contribution in [0.1, 0.15) is 18.1 Å². The fourth-order valence-electron chi connectivity index (χ4n) is 1.57. The summed E-state index contributed by atoms with van der Waals surface area (Å²) in [7, 11) is 0. The quantitative estimate of drug-likeness (QED) is 0.706. The lowest BCUT2D eigenvalue weighted by atomic mass is 10.1. The van der Waals surface area contributed by atoms with Gasteiger partial charge in [0.2, 0.25) is 0 Å². The molecule has 0 saturated heterocycles. The normalized spacial score (nSPS) is 10.9. The van der Waals surface area contributed by atoms with E-state index in [1.54, 1.807) is 11.3 Å². The number of rotatable bonds is 1. The van der Waals surface area contributed by atoms with Crippen LogP contribution in [0.15, 0.2) is 11.6 Å². The van der Waals surface area contributed by atoms with Gasteiger partial charge in [0, 0.05) is 0 Å². The molecule has 2 aromatic rings. The smallest absolute Gasteiger partial charge is 0.105 e. The maximum atomic E-state index is 5.99. The summed E-state index contributed by atoms with van der Waals surface area (Å²) in [6, 6.07) is 2.16. The van der Waals surface area contributed by atoms with Gasteiger partial charge in [-0.05, 0) is 24.5 Å². The topological polar surface area (TPSA) is 38.9 Å². The lowest BCUT2D eigenvalue weighted by molar-refractivity contribution is 1.14. The second kappa shape index (κ2) is 3.00. The average molecular weight is 192 g/mol. The molecule has 0 unspecified atom stereocenters. The van der Waals surface area contributed by atoms with E-state index < -0.39 is 0 Å². The highest BCUT2D eigenvalue weighted by molar-refractivity contribution is 7.17. The van der Waals surface area contributed by atoms with Crippen LogP contribution >= 0.6 is 11.3 Å². The zero-order chi connectivity index (χ0) is 9.42. The Morgan fingerprint density at radius 3 is 3.00 bits per heavy atom. The van der Waals surface area contributed by atoms with Gasteiger partial charge in [-0.2, -0.15) is 0 Å². The van der Waals surface area contributed by atoms with E-state index in [1.807, 2.05) is 5.51 Å². The number of anilines is 1. The molecule has 2 N–H and O–H groups in total. The highest BCUT2D eigenvalue weighted by Gasteiger charge is 2.08. The third kappa shape index (κ3) is 1.20. The van der Waals surface area contributed by atoms with Crippen molar-refractivity contribution in [1.82, 2.24) is 4.98 Å². The fraction of sp³-hybridized carbons (Fsp3) is 0.300. The monoisotopic (exact) mass is 192 g/mol. The summed E-state index contributed by atoms with van der Waals surface area (Å²) in [6.07, 6.45) is 0.972. The van der Waals surface area contributed by atoms with Crippen molar-refractivity contribution in [2.24, 2.45) is 0 Å². The standard InChI is InChI=1S/C10H12N2S/c1-3-7-4-6(2)10-9(8(7)11)12-5-13-10/h4-5H,3,11H2,1-2H3. The summed E-state index contributed by atoms with van der Waals surface area (Å²) in [4.78, 5) is 4.28. The van der Waals surface area contributed by atoms with E-state index in [2.05, 4.69) is 24.9 Å². The minimum Gasteiger partial charge on any atom is -0.397 e. The van der Waals surface area contributed by atoms with Gasteiger partial charge in [0.05, 0.1) is 15.9 Å². The van der Waals surface area contributed by atoms with Gasteiger partial charge < -0.3 is 5.73 Å². The Morgan fingerprint density at radius 2 is 2.31 bits per heavy atom. The van der Waals surface area contributed by atoms with Crippen molar-refractivity contribution >= 4 is 27.2 Å². The molecule has 0 saturated carbocycles. The number of aromatic nitrogens is 1. The molecule has 68 valence electrons. The molecule has 0 atom stereocenters. The highest BCUT2D eigenvalue weighted by atomic mass is 32.1. The van der Waals surface area contributed by atoms with Crippen molar-refractivity contribution in [3.63, 3.8) is 0 Å². The summed E-state index contributed by atoms with van der Waals surface area (Å²) < 4.78 is 1.22. The maximum Gasteiger partial charge on any atom is 0.105 e. The molecule has 0 amide bonds. The number of nitrogen functional groups attached to an aromatic ring is 1. The number of hydrogen-bond donors (Lipinski definition) is 1. The van der Waals surface area contributed by atoms with E-state index in [9.17, 15) is 0 Å². The van der Waals surface area contributed by atoms with Gasteiger partial charge in [0.15, 0.2) is 0 Å². The maximum absolute atomic E-state index is 5.99. The van der Waals surface area contributed by atoms with Gasteiger partial charge in [-0.3, -0.25) is 0 Å². The minimum atomic E-state index is 0.851. The van der Waals surface area contributed by atoms with Crippen molar-refractivity contribution < 1.29 is 0 Å². The van der Waals surface area contributed by atoms with Crippen LogP contribution in [-0.4, -0.2) is 4.98 Å². The molecular weight excluding hydrogens is 180 g/mol. The zero-order valence-corrected chi connectivity index (χ0v) is 8.61. The molecule has 1 aromatic carbocycles. The van der Waals surface area contributed by atoms with Crippen LogP contribution < -0.4 is 5.73 Å². The second-order valence-electron chi connectivity index (χ2n) is 3.15. The van der Waals surface area contributed by atoms with Crippen LogP contribution in [0.25, 0.3) is 10.2 Å². The molecule has 13 heavy (non-hydrogen) atoms. The fourth-order valence-corrected chi connectivity index (χ4v) is 2.35. The van der Waals surface area contributed by atoms with Crippen molar-refractivity contribution in [1.29, 1.82) is 0 Å². The number of hydrogen-bond acceptors (Lipinski definition) is 3. The lowest BCUT2D eigenvalue weighted by Crippen LogP contribution is -1.95. The first-order valence-corrected chi connectivity index (χ1v) is 5.23. The van der Waals surface area contributed by atoms with Crippen molar-refractivity contribution in [3.05, 3.63) is 22.7 Å². The van der Waals surface area contributed by atoms with Gasteiger partial charge in [0.25, 0.3) is 0 Å². The first-order valence-electron chi connectivity index (χ1n) is 4.35. The van der Waals surface area contributed by atoms with Gasteiger partial charge in [-0.15, -0.1) is 11.3 Å². The first-order chi connectivity index (χ1) is 6.24. The van der Waals surface area contributed by atoms with E-state index >= 15 is 0 Å². The molecule has 0 aliphatic rings. The van der Waals surface area contributed by atoms with E-state index in [-0.39, 0.29) is 0 Å². The number of benzene rings is 1. The molecule has 2 rings (SSSR count). The third-order valence-corrected chi connectivity index (χ3v) is 3.26. The largest absolute Gasteiger partial charge is 0.397 e. The molecule has 0 bridgehead atoms. The Labute approximate surface area is 81.4 Å². The van der Waals surface area contributed by atoms with Crippen molar-refractivity contribution in [3.8, 4) is 0 Å². The number of aryl methyl sites for hydroxylation is 2. The number of nitrogens with zero attached hydrogens (tertiary/aromatic N) is 1. The number of fused-ring (bicyclic) bond motifs is 1. The summed E-state index contributed by atoms with van der Waals surface area (Å²) in [6.45, 7) is 4.22. The van der Waals surface area contributed by atoms with Gasteiger partial charge in [-0.25, -0.2) is 4.98 Å². The van der Waals surface area contributed by atoms with Crippen LogP contribution in [0.4, 0.5) is 5.69 Å². The third-order valence-electron chi connectivity index (χ3n) is 2.30. The average Bonchev–Trinajstić information content (AvgIpc) is 2.60. The van der Waals surface area contributed by atoms with E-state index in [1.165, 1.54) is 15.8 Å². The molecule has 1 aromatic heterocycles. The summed E-state index contributed by atoms with van der Waals surface area (Å²) in [5.41, 5.74) is 12.2. The molecule has 3 heteroatoms. The summed E-state index contributed by atoms with van der Waals surface area (Å²) >= 11 is 1.66. The Bertz CT molecular complexity index is 445. The minimum absolute atomic E-state index is 0.851. The summed E-state index contributed by atoms with van der Waals surface area (Å²) in [5.74, 6) is 0. The Balaban J connectivity index is 2.85. The molecule has 0 aliphatic heterocycles. The van der Waals surface area contributed by atoms with Gasteiger partial charge in [-0.1, -0.05) is 13.0 Å². The Kier molecular flexibility index (Phi) is 1.96. The van der Waals surface area contributed by atoms with Crippen LogP contribution in [0.2, 0.25) is 0 Å². The first kappa shape index (κ1) is 8.51. The molecular formula is C10H12N2S. The second-order valence-corrected chi connectivity index (χ2v) is 4.00. The van der Waals surface area contributed by atoms with Gasteiger partial charge in [0.1, 0.15) is 5.52 Å². The SMILES string of the molecule is CCc1cc(C)c2scnc2c1N. The molecule has 0 radical (unpaired) electrons. The van der Waals surface area contributed by atoms with E-state index in [0.717, 1.165) is 17.6 Å². The highest BCUT2D eigenvalue weighted by Crippen LogP contribution is 2.30. The van der Waals surface area contributed by atoms with Crippen LogP contribution in [0.5, 0.6) is 0 Å². The van der Waals surface area contributed by atoms with Crippen molar-refractivity contribution in [2.45, 2.75) is 20.3 Å². The van der Waals surface area contributed by atoms with Gasteiger partial charge >= 0.3 is 0 Å². The molecule has 1 heterocycles. The van der Waals surface area contributed by atoms with Crippen LogP contribution in [0, 0.1) is 6.92 Å². The van der Waals surface area contributed by atoms with E-state index in [4.69, 9.17) is 5.73 Å². The summed E-state index contributed by atoms with van der Waals surface area (Å²) in [5, 5.41) is 0. The Hall–Kier alpha value is -1.09. The Morgan fingerprint density at radius 1 is 1.54 bits per heavy atom. The molecule has 0 fully saturated rings. The predicted molar refractivity (Wildman–Crippen MR) is 58.1 cm³/mol.